The van der Waals surface area contributed by atoms with Crippen LogP contribution < -0.4 is 0 Å². The molecule has 0 atom stereocenters. The molecule has 0 aliphatic carbocycles. The summed E-state index contributed by atoms with van der Waals surface area (Å²) in [5.74, 6) is -0.581. The van der Waals surface area contributed by atoms with Gasteiger partial charge in [0, 0.05) is 18.6 Å². The number of hydrogen-bond acceptors (Lipinski definition) is 3. The minimum absolute atomic E-state index is 0. The maximum atomic E-state index is 10.1. The van der Waals surface area contributed by atoms with E-state index in [1.807, 2.05) is 0 Å². The molecule has 0 aromatic heterocycles. The molecule has 0 saturated heterocycles. The van der Waals surface area contributed by atoms with Crippen molar-refractivity contribution in [1.82, 2.24) is 0 Å². The third-order valence-corrected chi connectivity index (χ3v) is 0.491. The van der Waals surface area contributed by atoms with Crippen molar-refractivity contribution in [2.45, 2.75) is 6.92 Å². The topological polar surface area (TPSA) is 43.4 Å². The smallest absolute Gasteiger partial charge is 0.173 e. The van der Waals surface area contributed by atoms with Gasteiger partial charge < -0.3 is 9.53 Å². The molecule has 0 bridgehead atoms. The minimum atomic E-state index is -0.581. The Hall–Kier alpha value is -0.406. The normalized spacial score (nSPS) is 6.78. The van der Waals surface area contributed by atoms with E-state index in [2.05, 4.69) is 4.74 Å². The monoisotopic (exact) mass is 166 g/mol. The first-order chi connectivity index (χ1) is 3.81. The number of carbonyl (C=O) groups excluding carboxylic acids is 2. The van der Waals surface area contributed by atoms with E-state index in [-0.39, 0.29) is 18.6 Å². The zero-order chi connectivity index (χ0) is 6.41. The fourth-order valence-corrected chi connectivity index (χ4v) is 0.246. The van der Waals surface area contributed by atoms with Gasteiger partial charge in [-0.05, 0) is 13.2 Å². The van der Waals surface area contributed by atoms with E-state index >= 15 is 0 Å². The van der Waals surface area contributed by atoms with Crippen LogP contribution >= 0.6 is 0 Å². The SMILES string of the molecule is CCOC(=O)[CH-]C=O.[V]. The summed E-state index contributed by atoms with van der Waals surface area (Å²) in [6.07, 6.45) is 1.24. The fraction of sp³-hybridized carbons (Fsp3) is 0.400. The van der Waals surface area contributed by atoms with Gasteiger partial charge in [-0.2, -0.15) is 0 Å². The summed E-state index contributed by atoms with van der Waals surface area (Å²) >= 11 is 0. The molecule has 0 aliphatic rings. The number of esters is 1. The summed E-state index contributed by atoms with van der Waals surface area (Å²) in [7, 11) is 0. The summed E-state index contributed by atoms with van der Waals surface area (Å²) < 4.78 is 4.36. The van der Waals surface area contributed by atoms with Crippen LogP contribution in [0.1, 0.15) is 6.92 Å². The summed E-state index contributed by atoms with van der Waals surface area (Å²) in [6.45, 7) is 1.99. The van der Waals surface area contributed by atoms with Crippen molar-refractivity contribution in [3.8, 4) is 0 Å². The van der Waals surface area contributed by atoms with Crippen molar-refractivity contribution >= 4 is 12.3 Å². The predicted octanol–water partition coefficient (Wildman–Crippen LogP) is -0.0498. The van der Waals surface area contributed by atoms with Gasteiger partial charge in [0.05, 0.1) is 6.61 Å². The molecule has 9 heavy (non-hydrogen) atoms. The van der Waals surface area contributed by atoms with Crippen molar-refractivity contribution < 1.29 is 32.9 Å². The zero-order valence-corrected chi connectivity index (χ0v) is 6.43. The molecule has 51 valence electrons. The van der Waals surface area contributed by atoms with Crippen LogP contribution in [0.5, 0.6) is 0 Å². The Bertz CT molecular complexity index is 92.2. The maximum absolute atomic E-state index is 10.1. The number of hydrogen-bond donors (Lipinski definition) is 0. The molecular weight excluding hydrogens is 159 g/mol. The van der Waals surface area contributed by atoms with E-state index in [1.165, 1.54) is 0 Å². The summed E-state index contributed by atoms with van der Waals surface area (Å²) in [4.78, 5) is 19.7. The fourth-order valence-electron chi connectivity index (χ4n) is 0.246. The largest absolute Gasteiger partial charge is 0.488 e. The van der Waals surface area contributed by atoms with E-state index in [4.69, 9.17) is 0 Å². The Labute approximate surface area is 65.6 Å². The van der Waals surface area contributed by atoms with Gasteiger partial charge in [0.25, 0.3) is 0 Å². The molecule has 4 heteroatoms. The standard InChI is InChI=1S/C5H7O3.V/c1-2-8-5(7)3-4-6;/h3-4H,2H2,1H3;/q-1;. The quantitative estimate of drug-likeness (QED) is 0.255. The molecule has 0 heterocycles. The predicted molar refractivity (Wildman–Crippen MR) is 27.0 cm³/mol. The van der Waals surface area contributed by atoms with Gasteiger partial charge in [-0.15, -0.1) is 0 Å². The molecule has 0 saturated carbocycles. The van der Waals surface area contributed by atoms with Crippen LogP contribution in [-0.4, -0.2) is 18.9 Å². The number of carbonyl (C=O) groups is 2. The molecule has 0 aromatic rings. The second kappa shape index (κ2) is 7.59. The molecule has 0 amide bonds. The van der Waals surface area contributed by atoms with E-state index in [9.17, 15) is 9.59 Å². The van der Waals surface area contributed by atoms with Gasteiger partial charge in [-0.3, -0.25) is 4.79 Å². The van der Waals surface area contributed by atoms with Crippen LogP contribution in [0, 0.1) is 6.42 Å². The molecule has 0 unspecified atom stereocenters. The molecule has 0 spiro atoms. The van der Waals surface area contributed by atoms with Crippen LogP contribution in [0.25, 0.3) is 0 Å². The van der Waals surface area contributed by atoms with E-state index < -0.39 is 5.97 Å². The van der Waals surface area contributed by atoms with Crippen molar-refractivity contribution in [1.29, 1.82) is 0 Å². The average molecular weight is 166 g/mol. The van der Waals surface area contributed by atoms with Crippen molar-refractivity contribution in [3.63, 3.8) is 0 Å². The van der Waals surface area contributed by atoms with Crippen LogP contribution in [-0.2, 0) is 32.9 Å². The Morgan fingerprint density at radius 3 is 2.67 bits per heavy atom. The molecular formula is C5H7O3V-. The average Bonchev–Trinajstić information content (AvgIpc) is 1.68. The summed E-state index contributed by atoms with van der Waals surface area (Å²) in [5, 5.41) is 0. The second-order valence-electron chi connectivity index (χ2n) is 1.05. The Kier molecular flexibility index (Phi) is 9.62. The van der Waals surface area contributed by atoms with Crippen LogP contribution in [0.4, 0.5) is 0 Å². The minimum Gasteiger partial charge on any atom is -0.488 e. The number of aldehydes is 1. The maximum Gasteiger partial charge on any atom is 0.173 e. The second-order valence-corrected chi connectivity index (χ2v) is 1.05. The van der Waals surface area contributed by atoms with Crippen molar-refractivity contribution in [2.75, 3.05) is 6.61 Å². The van der Waals surface area contributed by atoms with E-state index in [0.717, 1.165) is 6.42 Å². The Morgan fingerprint density at radius 1 is 1.78 bits per heavy atom. The number of ether oxygens (including phenoxy) is 1. The molecule has 0 aromatic carbocycles. The zero-order valence-electron chi connectivity index (χ0n) is 5.03. The molecule has 0 rings (SSSR count). The van der Waals surface area contributed by atoms with E-state index in [0.29, 0.717) is 12.9 Å². The third kappa shape index (κ3) is 7.59. The molecule has 0 fully saturated rings. The number of rotatable bonds is 3. The van der Waals surface area contributed by atoms with Gasteiger partial charge in [-0.1, -0.05) is 0 Å². The van der Waals surface area contributed by atoms with Gasteiger partial charge >= 0.3 is 0 Å². The third-order valence-electron chi connectivity index (χ3n) is 0.491. The molecule has 0 aliphatic heterocycles. The van der Waals surface area contributed by atoms with Gasteiger partial charge in [0.2, 0.25) is 0 Å². The molecule has 0 N–H and O–H groups in total. The van der Waals surface area contributed by atoms with Crippen molar-refractivity contribution in [3.05, 3.63) is 6.42 Å². The first-order valence-corrected chi connectivity index (χ1v) is 2.26. The van der Waals surface area contributed by atoms with Gasteiger partial charge in [0.15, 0.2) is 5.97 Å². The molecule has 1 radical (unpaired) electrons. The van der Waals surface area contributed by atoms with Gasteiger partial charge in [-0.25, -0.2) is 6.42 Å². The Morgan fingerprint density at radius 2 is 2.33 bits per heavy atom. The van der Waals surface area contributed by atoms with Crippen LogP contribution in [0.15, 0.2) is 0 Å². The van der Waals surface area contributed by atoms with E-state index in [1.54, 1.807) is 6.92 Å². The summed E-state index contributed by atoms with van der Waals surface area (Å²) in [5.41, 5.74) is 0. The Balaban J connectivity index is 0. The molecule has 3 nitrogen and oxygen atoms in total. The summed E-state index contributed by atoms with van der Waals surface area (Å²) in [6, 6.07) is 0. The first-order valence-electron chi connectivity index (χ1n) is 2.26. The van der Waals surface area contributed by atoms with Crippen molar-refractivity contribution in [2.24, 2.45) is 0 Å². The van der Waals surface area contributed by atoms with Crippen LogP contribution in [0.2, 0.25) is 0 Å². The first kappa shape index (κ1) is 11.4. The van der Waals surface area contributed by atoms with Crippen LogP contribution in [0.3, 0.4) is 0 Å². The van der Waals surface area contributed by atoms with Gasteiger partial charge in [0.1, 0.15) is 0 Å².